The molecule has 1 aromatic rings. The Hall–Kier alpha value is -1.85. The summed E-state index contributed by atoms with van der Waals surface area (Å²) in [6.07, 6.45) is 5.00. The summed E-state index contributed by atoms with van der Waals surface area (Å²) in [6, 6.07) is 0.332. The van der Waals surface area contributed by atoms with Gasteiger partial charge in [-0.25, -0.2) is 4.98 Å². The predicted octanol–water partition coefficient (Wildman–Crippen LogP) is 0.0713. The highest BCUT2D eigenvalue weighted by atomic mass is 15.3. The van der Waals surface area contributed by atoms with Gasteiger partial charge in [0.15, 0.2) is 0 Å². The van der Waals surface area contributed by atoms with Gasteiger partial charge in [-0.1, -0.05) is 0 Å². The summed E-state index contributed by atoms with van der Waals surface area (Å²) < 4.78 is 1.96. The van der Waals surface area contributed by atoms with Crippen molar-refractivity contribution in [3.8, 4) is 0 Å². The molecule has 14 heavy (non-hydrogen) atoms. The second-order valence-electron chi connectivity index (χ2n) is 3.09. The molecule has 0 fully saturated rings. The van der Waals surface area contributed by atoms with Gasteiger partial charge in [0.05, 0.1) is 24.4 Å². The summed E-state index contributed by atoms with van der Waals surface area (Å²) in [5.74, 6) is -0.0585. The van der Waals surface area contributed by atoms with Crippen LogP contribution in [0.4, 0.5) is 0 Å². The molecule has 0 saturated heterocycles. The van der Waals surface area contributed by atoms with Crippen molar-refractivity contribution in [2.75, 3.05) is 0 Å². The maximum absolute atomic E-state index is 5.12. The summed E-state index contributed by atoms with van der Waals surface area (Å²) in [5.41, 5.74) is 11.1. The number of imidazole rings is 1. The summed E-state index contributed by atoms with van der Waals surface area (Å²) in [6.45, 7) is 4.11. The molecule has 6 nitrogen and oxygen atoms in total. The Balaban J connectivity index is 2.81. The molecule has 1 aromatic heterocycles. The molecule has 0 saturated carbocycles. The Bertz CT molecular complexity index is 344. The van der Waals surface area contributed by atoms with Crippen molar-refractivity contribution >= 4 is 12.2 Å². The topological polar surface area (TPSA) is 94.6 Å². The Morgan fingerprint density at radius 1 is 1.57 bits per heavy atom. The molecular formula is C8H14N6. The first-order chi connectivity index (χ1) is 6.61. The quantitative estimate of drug-likeness (QED) is 0.405. The van der Waals surface area contributed by atoms with Crippen LogP contribution in [-0.2, 0) is 0 Å². The maximum Gasteiger partial charge on any atom is 0.211 e. The minimum atomic E-state index is -0.0585. The minimum Gasteiger partial charge on any atom is -0.369 e. The summed E-state index contributed by atoms with van der Waals surface area (Å²) in [5, 5.41) is 7.21. The van der Waals surface area contributed by atoms with Crippen LogP contribution >= 0.6 is 0 Å². The SMILES string of the molecule is CC(C)n1cncc1C=NN=C(N)N. The van der Waals surface area contributed by atoms with E-state index in [1.165, 1.54) is 0 Å². The third-order valence-electron chi connectivity index (χ3n) is 1.62. The molecule has 0 aliphatic carbocycles. The highest BCUT2D eigenvalue weighted by molar-refractivity contribution is 5.79. The largest absolute Gasteiger partial charge is 0.369 e. The lowest BCUT2D eigenvalue weighted by Gasteiger charge is -2.07. The monoisotopic (exact) mass is 194 g/mol. The van der Waals surface area contributed by atoms with Crippen molar-refractivity contribution in [1.82, 2.24) is 9.55 Å². The molecule has 76 valence electrons. The number of nitrogens with two attached hydrogens (primary N) is 2. The number of nitrogens with zero attached hydrogens (tertiary/aromatic N) is 4. The predicted molar refractivity (Wildman–Crippen MR) is 56.0 cm³/mol. The molecule has 0 amide bonds. The second-order valence-corrected chi connectivity index (χ2v) is 3.09. The fourth-order valence-corrected chi connectivity index (χ4v) is 1.00. The van der Waals surface area contributed by atoms with E-state index in [9.17, 15) is 0 Å². The lowest BCUT2D eigenvalue weighted by atomic mass is 10.3. The average Bonchev–Trinajstić information content (AvgIpc) is 2.51. The molecule has 4 N–H and O–H groups in total. The van der Waals surface area contributed by atoms with Crippen molar-refractivity contribution in [2.24, 2.45) is 21.7 Å². The second kappa shape index (κ2) is 4.40. The Morgan fingerprint density at radius 3 is 2.86 bits per heavy atom. The van der Waals surface area contributed by atoms with E-state index in [0.717, 1.165) is 5.69 Å². The molecule has 1 rings (SSSR count). The van der Waals surface area contributed by atoms with Crippen LogP contribution in [0.15, 0.2) is 22.7 Å². The van der Waals surface area contributed by atoms with Gasteiger partial charge in [0.25, 0.3) is 0 Å². The number of aromatic nitrogens is 2. The van der Waals surface area contributed by atoms with Crippen molar-refractivity contribution in [1.29, 1.82) is 0 Å². The van der Waals surface area contributed by atoms with Crippen molar-refractivity contribution in [2.45, 2.75) is 19.9 Å². The molecule has 0 aliphatic heterocycles. The van der Waals surface area contributed by atoms with Crippen LogP contribution in [-0.4, -0.2) is 21.7 Å². The van der Waals surface area contributed by atoms with E-state index < -0.39 is 0 Å². The first-order valence-corrected chi connectivity index (χ1v) is 4.25. The van der Waals surface area contributed by atoms with Gasteiger partial charge in [0, 0.05) is 6.04 Å². The van der Waals surface area contributed by atoms with Crippen molar-refractivity contribution in [3.63, 3.8) is 0 Å². The molecule has 6 heteroatoms. The van der Waals surface area contributed by atoms with Crippen LogP contribution in [0.3, 0.4) is 0 Å². The zero-order valence-corrected chi connectivity index (χ0v) is 8.25. The highest BCUT2D eigenvalue weighted by Crippen LogP contribution is 2.06. The molecule has 0 unspecified atom stereocenters. The molecule has 0 aromatic carbocycles. The zero-order valence-electron chi connectivity index (χ0n) is 8.25. The van der Waals surface area contributed by atoms with Crippen LogP contribution in [0.5, 0.6) is 0 Å². The summed E-state index contributed by atoms with van der Waals surface area (Å²) in [4.78, 5) is 4.00. The highest BCUT2D eigenvalue weighted by Gasteiger charge is 2.01. The maximum atomic E-state index is 5.12. The van der Waals surface area contributed by atoms with E-state index in [0.29, 0.717) is 6.04 Å². The molecule has 0 atom stereocenters. The molecular weight excluding hydrogens is 180 g/mol. The number of rotatable bonds is 3. The van der Waals surface area contributed by atoms with Gasteiger partial charge in [-0.15, -0.1) is 5.10 Å². The van der Waals surface area contributed by atoms with Crippen LogP contribution in [0.25, 0.3) is 0 Å². The van der Waals surface area contributed by atoms with Crippen molar-refractivity contribution < 1.29 is 0 Å². The number of guanidine groups is 1. The molecule has 0 bridgehead atoms. The summed E-state index contributed by atoms with van der Waals surface area (Å²) >= 11 is 0. The minimum absolute atomic E-state index is 0.0585. The fraction of sp³-hybridized carbons (Fsp3) is 0.375. The number of hydrogen-bond acceptors (Lipinski definition) is 3. The van der Waals surface area contributed by atoms with Crippen LogP contribution in [0, 0.1) is 0 Å². The Morgan fingerprint density at radius 2 is 2.29 bits per heavy atom. The standard InChI is InChI=1S/C8H14N6/c1-6(2)14-5-11-3-7(14)4-12-13-8(9)10/h3-6H,1-2H3,(H4,9,10,13). The van der Waals surface area contributed by atoms with Crippen LogP contribution < -0.4 is 11.5 Å². The Labute approximate surface area is 82.3 Å². The van der Waals surface area contributed by atoms with E-state index in [1.54, 1.807) is 18.7 Å². The lowest BCUT2D eigenvalue weighted by molar-refractivity contribution is 0.597. The first-order valence-electron chi connectivity index (χ1n) is 4.25. The number of hydrogen-bond donors (Lipinski definition) is 2. The lowest BCUT2D eigenvalue weighted by Crippen LogP contribution is -2.21. The zero-order chi connectivity index (χ0) is 10.6. The normalized spacial score (nSPS) is 11.1. The van der Waals surface area contributed by atoms with Gasteiger partial charge in [-0.2, -0.15) is 5.10 Å². The van der Waals surface area contributed by atoms with E-state index in [1.807, 2.05) is 4.57 Å². The smallest absolute Gasteiger partial charge is 0.211 e. The Kier molecular flexibility index (Phi) is 3.22. The van der Waals surface area contributed by atoms with E-state index in [4.69, 9.17) is 11.5 Å². The third-order valence-corrected chi connectivity index (χ3v) is 1.62. The molecule has 0 radical (unpaired) electrons. The van der Waals surface area contributed by atoms with Crippen LogP contribution in [0.2, 0.25) is 0 Å². The van der Waals surface area contributed by atoms with Gasteiger partial charge >= 0.3 is 0 Å². The van der Waals surface area contributed by atoms with Crippen molar-refractivity contribution in [3.05, 3.63) is 18.2 Å². The van der Waals surface area contributed by atoms with E-state index in [-0.39, 0.29) is 5.96 Å². The molecule has 0 spiro atoms. The van der Waals surface area contributed by atoms with Crippen LogP contribution in [0.1, 0.15) is 25.6 Å². The molecule has 1 heterocycles. The fourth-order valence-electron chi connectivity index (χ4n) is 1.00. The first kappa shape index (κ1) is 10.2. The average molecular weight is 194 g/mol. The third kappa shape index (κ3) is 2.58. The van der Waals surface area contributed by atoms with E-state index in [2.05, 4.69) is 29.0 Å². The summed E-state index contributed by atoms with van der Waals surface area (Å²) in [7, 11) is 0. The van der Waals surface area contributed by atoms with E-state index >= 15 is 0 Å². The van der Waals surface area contributed by atoms with Gasteiger partial charge < -0.3 is 16.0 Å². The van der Waals surface area contributed by atoms with Gasteiger partial charge in [-0.05, 0) is 13.8 Å². The van der Waals surface area contributed by atoms with Gasteiger partial charge in [-0.3, -0.25) is 0 Å². The van der Waals surface area contributed by atoms with Gasteiger partial charge in [0.2, 0.25) is 5.96 Å². The van der Waals surface area contributed by atoms with Gasteiger partial charge in [0.1, 0.15) is 0 Å². The molecule has 0 aliphatic rings.